The molecule has 120 valence electrons. The molecule has 1 aliphatic carbocycles. The maximum absolute atomic E-state index is 12.6. The highest BCUT2D eigenvalue weighted by Gasteiger charge is 2.24. The van der Waals surface area contributed by atoms with Crippen LogP contribution in [0.3, 0.4) is 0 Å². The first kappa shape index (κ1) is 14.8. The number of pyridine rings is 2. The van der Waals surface area contributed by atoms with Crippen molar-refractivity contribution in [3.05, 3.63) is 54.7 Å². The van der Waals surface area contributed by atoms with E-state index in [0.29, 0.717) is 11.5 Å². The smallest absolute Gasteiger partial charge is 0.228 e. The molecular weight excluding hydrogens is 298 g/mol. The standard InChI is InChI=1S/C20H19N3O/c24-20(15-9-4-5-10-15)23-19-17(14-7-2-1-3-8-14)13-16-11-6-12-21-18(16)22-19/h1-3,6-8,11-13,15H,4-5,9-10H2,(H,21,22,23,24). The van der Waals surface area contributed by atoms with Crippen LogP contribution in [0, 0.1) is 5.92 Å². The summed E-state index contributed by atoms with van der Waals surface area (Å²) in [6.07, 6.45) is 5.93. The molecule has 4 nitrogen and oxygen atoms in total. The molecule has 0 unspecified atom stereocenters. The SMILES string of the molecule is O=C(Nc1nc2ncccc2cc1-c1ccccc1)C1CCCC1. The molecule has 0 saturated heterocycles. The predicted octanol–water partition coefficient (Wildman–Crippen LogP) is 4.43. The minimum Gasteiger partial charge on any atom is -0.310 e. The van der Waals surface area contributed by atoms with Gasteiger partial charge in [0.25, 0.3) is 0 Å². The number of carbonyl (C=O) groups excluding carboxylic acids is 1. The average Bonchev–Trinajstić information content (AvgIpc) is 3.17. The van der Waals surface area contributed by atoms with E-state index in [9.17, 15) is 4.79 Å². The largest absolute Gasteiger partial charge is 0.310 e. The van der Waals surface area contributed by atoms with Crippen LogP contribution in [0.1, 0.15) is 25.7 Å². The number of aromatic nitrogens is 2. The van der Waals surface area contributed by atoms with Gasteiger partial charge in [-0.25, -0.2) is 9.97 Å². The number of hydrogen-bond donors (Lipinski definition) is 1. The fourth-order valence-electron chi connectivity index (χ4n) is 3.35. The maximum Gasteiger partial charge on any atom is 0.228 e. The van der Waals surface area contributed by atoms with Crippen LogP contribution < -0.4 is 5.32 Å². The van der Waals surface area contributed by atoms with Crippen molar-refractivity contribution in [1.29, 1.82) is 0 Å². The summed E-state index contributed by atoms with van der Waals surface area (Å²) < 4.78 is 0. The third kappa shape index (κ3) is 2.87. The van der Waals surface area contributed by atoms with Crippen LogP contribution in [0.5, 0.6) is 0 Å². The van der Waals surface area contributed by atoms with Crippen molar-refractivity contribution in [2.24, 2.45) is 5.92 Å². The fourth-order valence-corrected chi connectivity index (χ4v) is 3.35. The fraction of sp³-hybridized carbons (Fsp3) is 0.250. The molecule has 0 atom stereocenters. The van der Waals surface area contributed by atoms with Gasteiger partial charge >= 0.3 is 0 Å². The van der Waals surface area contributed by atoms with Gasteiger partial charge in [-0.1, -0.05) is 43.2 Å². The van der Waals surface area contributed by atoms with Crippen molar-refractivity contribution in [2.45, 2.75) is 25.7 Å². The molecule has 1 fully saturated rings. The Bertz CT molecular complexity index is 870. The molecule has 1 aliphatic rings. The summed E-state index contributed by atoms with van der Waals surface area (Å²) in [5, 5.41) is 4.02. The van der Waals surface area contributed by atoms with Crippen LogP contribution in [-0.4, -0.2) is 15.9 Å². The Morgan fingerprint density at radius 2 is 1.83 bits per heavy atom. The van der Waals surface area contributed by atoms with Crippen LogP contribution in [0.15, 0.2) is 54.7 Å². The van der Waals surface area contributed by atoms with E-state index in [1.54, 1.807) is 6.20 Å². The topological polar surface area (TPSA) is 54.9 Å². The first-order valence-corrected chi connectivity index (χ1v) is 8.43. The first-order valence-electron chi connectivity index (χ1n) is 8.43. The molecule has 2 heterocycles. The summed E-state index contributed by atoms with van der Waals surface area (Å²) in [7, 11) is 0. The van der Waals surface area contributed by atoms with E-state index in [-0.39, 0.29) is 11.8 Å². The molecule has 1 saturated carbocycles. The minimum absolute atomic E-state index is 0.0764. The Balaban J connectivity index is 1.78. The average molecular weight is 317 g/mol. The second-order valence-corrected chi connectivity index (χ2v) is 6.27. The molecule has 1 aromatic carbocycles. The Labute approximate surface area is 141 Å². The van der Waals surface area contributed by atoms with Gasteiger partial charge in [-0.15, -0.1) is 0 Å². The Morgan fingerprint density at radius 3 is 2.62 bits per heavy atom. The highest BCUT2D eigenvalue weighted by atomic mass is 16.1. The summed E-state index contributed by atoms with van der Waals surface area (Å²) in [6, 6.07) is 16.0. The number of nitrogens with one attached hydrogen (secondary N) is 1. The lowest BCUT2D eigenvalue weighted by Crippen LogP contribution is -2.21. The van der Waals surface area contributed by atoms with E-state index in [1.165, 1.54) is 0 Å². The third-order valence-corrected chi connectivity index (χ3v) is 4.64. The second-order valence-electron chi connectivity index (χ2n) is 6.27. The molecule has 4 heteroatoms. The first-order chi connectivity index (χ1) is 11.8. The van der Waals surface area contributed by atoms with Crippen LogP contribution in [0.25, 0.3) is 22.2 Å². The molecular formula is C20H19N3O. The van der Waals surface area contributed by atoms with E-state index >= 15 is 0 Å². The van der Waals surface area contributed by atoms with Gasteiger partial charge in [-0.2, -0.15) is 0 Å². The molecule has 24 heavy (non-hydrogen) atoms. The van der Waals surface area contributed by atoms with E-state index in [2.05, 4.69) is 21.4 Å². The van der Waals surface area contributed by atoms with Crippen LogP contribution in [0.4, 0.5) is 5.82 Å². The van der Waals surface area contributed by atoms with Crippen molar-refractivity contribution in [2.75, 3.05) is 5.32 Å². The molecule has 4 rings (SSSR count). The van der Waals surface area contributed by atoms with Gasteiger partial charge in [0, 0.05) is 23.1 Å². The third-order valence-electron chi connectivity index (χ3n) is 4.64. The number of benzene rings is 1. The zero-order valence-corrected chi connectivity index (χ0v) is 13.4. The van der Waals surface area contributed by atoms with E-state index < -0.39 is 0 Å². The van der Waals surface area contributed by atoms with Crippen LogP contribution >= 0.6 is 0 Å². The normalized spacial score (nSPS) is 14.8. The number of carbonyl (C=O) groups is 1. The highest BCUT2D eigenvalue weighted by molar-refractivity contribution is 5.98. The number of fused-ring (bicyclic) bond motifs is 1. The van der Waals surface area contributed by atoms with Gasteiger partial charge in [0.2, 0.25) is 5.91 Å². The number of rotatable bonds is 3. The summed E-state index contributed by atoms with van der Waals surface area (Å²) in [4.78, 5) is 21.5. The summed E-state index contributed by atoms with van der Waals surface area (Å²) in [5.74, 6) is 0.784. The second kappa shape index (κ2) is 6.40. The van der Waals surface area contributed by atoms with E-state index in [4.69, 9.17) is 0 Å². The van der Waals surface area contributed by atoms with Gasteiger partial charge in [0.05, 0.1) is 0 Å². The quantitative estimate of drug-likeness (QED) is 0.777. The predicted molar refractivity (Wildman–Crippen MR) is 95.6 cm³/mol. The van der Waals surface area contributed by atoms with Gasteiger partial charge in [-0.3, -0.25) is 4.79 Å². The molecule has 1 N–H and O–H groups in total. The van der Waals surface area contributed by atoms with Gasteiger partial charge in [0.15, 0.2) is 5.65 Å². The summed E-state index contributed by atoms with van der Waals surface area (Å²) >= 11 is 0. The van der Waals surface area contributed by atoms with E-state index in [0.717, 1.165) is 42.2 Å². The molecule has 0 aliphatic heterocycles. The monoisotopic (exact) mass is 317 g/mol. The van der Waals surface area contributed by atoms with Crippen LogP contribution in [-0.2, 0) is 4.79 Å². The van der Waals surface area contributed by atoms with Crippen molar-refractivity contribution in [1.82, 2.24) is 9.97 Å². The Morgan fingerprint density at radius 1 is 1.04 bits per heavy atom. The van der Waals surface area contributed by atoms with Crippen molar-refractivity contribution >= 4 is 22.8 Å². The van der Waals surface area contributed by atoms with Crippen LogP contribution in [0.2, 0.25) is 0 Å². The molecule has 0 bridgehead atoms. The zero-order chi connectivity index (χ0) is 16.4. The number of amides is 1. The number of nitrogens with zero attached hydrogens (tertiary/aromatic N) is 2. The van der Waals surface area contributed by atoms with Crippen molar-refractivity contribution in [3.8, 4) is 11.1 Å². The maximum atomic E-state index is 12.6. The molecule has 3 aromatic rings. The van der Waals surface area contributed by atoms with Gasteiger partial charge in [0.1, 0.15) is 5.82 Å². The number of anilines is 1. The van der Waals surface area contributed by atoms with Crippen molar-refractivity contribution < 1.29 is 4.79 Å². The molecule has 2 aromatic heterocycles. The van der Waals surface area contributed by atoms with Gasteiger partial charge < -0.3 is 5.32 Å². The Hall–Kier alpha value is -2.75. The van der Waals surface area contributed by atoms with Gasteiger partial charge in [-0.05, 0) is 36.6 Å². The summed E-state index contributed by atoms with van der Waals surface area (Å²) in [6.45, 7) is 0. The molecule has 1 amide bonds. The lowest BCUT2D eigenvalue weighted by molar-refractivity contribution is -0.119. The van der Waals surface area contributed by atoms with Crippen molar-refractivity contribution in [3.63, 3.8) is 0 Å². The Kier molecular flexibility index (Phi) is 3.95. The number of hydrogen-bond acceptors (Lipinski definition) is 3. The molecule has 0 spiro atoms. The molecule has 0 radical (unpaired) electrons. The summed E-state index contributed by atoms with van der Waals surface area (Å²) in [5.41, 5.74) is 2.62. The minimum atomic E-state index is 0.0764. The van der Waals surface area contributed by atoms with E-state index in [1.807, 2.05) is 42.5 Å². The zero-order valence-electron chi connectivity index (χ0n) is 13.4. The highest BCUT2D eigenvalue weighted by Crippen LogP contribution is 2.31. The lowest BCUT2D eigenvalue weighted by Gasteiger charge is -2.14. The lowest BCUT2D eigenvalue weighted by atomic mass is 10.0.